The summed E-state index contributed by atoms with van der Waals surface area (Å²) in [6, 6.07) is 6.58. The molecule has 0 amide bonds. The molecule has 1 aromatic rings. The molecule has 0 saturated heterocycles. The number of hydrogen-bond acceptors (Lipinski definition) is 2. The summed E-state index contributed by atoms with van der Waals surface area (Å²) < 4.78 is 12.4. The Morgan fingerprint density at radius 1 is 1.32 bits per heavy atom. The van der Waals surface area contributed by atoms with E-state index in [1.54, 1.807) is 18.2 Å². The molecule has 0 bridgehead atoms. The van der Waals surface area contributed by atoms with Gasteiger partial charge in [0, 0.05) is 5.75 Å². The number of rotatable bonds is 8. The zero-order valence-electron chi connectivity index (χ0n) is 11.6. The fourth-order valence-electron chi connectivity index (χ4n) is 2.04. The van der Waals surface area contributed by atoms with Crippen molar-refractivity contribution in [2.45, 2.75) is 44.4 Å². The van der Waals surface area contributed by atoms with Crippen LogP contribution in [0.4, 0.5) is 0 Å². The van der Waals surface area contributed by atoms with Gasteiger partial charge < -0.3 is 5.11 Å². The molecule has 2 unspecified atom stereocenters. The van der Waals surface area contributed by atoms with Gasteiger partial charge in [-0.05, 0) is 24.5 Å². The Morgan fingerprint density at radius 2 is 2.00 bits per heavy atom. The second-order valence-corrected chi connectivity index (χ2v) is 6.19. The zero-order valence-corrected chi connectivity index (χ0v) is 12.4. The lowest BCUT2D eigenvalue weighted by Gasteiger charge is -2.14. The third-order valence-corrected chi connectivity index (χ3v) is 4.91. The highest BCUT2D eigenvalue weighted by atomic mass is 32.2. The van der Waals surface area contributed by atoms with E-state index in [-0.39, 0.29) is 5.56 Å². The van der Waals surface area contributed by atoms with Gasteiger partial charge in [-0.2, -0.15) is 0 Å². The summed E-state index contributed by atoms with van der Waals surface area (Å²) in [5.74, 6) is -0.0472. The van der Waals surface area contributed by atoms with Crippen LogP contribution < -0.4 is 0 Å². The van der Waals surface area contributed by atoms with Crippen LogP contribution in [0.5, 0.6) is 0 Å². The number of aromatic carboxylic acids is 1. The van der Waals surface area contributed by atoms with Crippen LogP contribution >= 0.6 is 0 Å². The molecular weight excluding hydrogens is 260 g/mol. The summed E-state index contributed by atoms with van der Waals surface area (Å²) in [5, 5.41) is 9.11. The molecule has 106 valence electrons. The van der Waals surface area contributed by atoms with Gasteiger partial charge >= 0.3 is 5.97 Å². The minimum atomic E-state index is -1.23. The van der Waals surface area contributed by atoms with Crippen molar-refractivity contribution in [3.8, 4) is 0 Å². The fourth-order valence-corrected chi connectivity index (χ4v) is 3.68. The third-order valence-electron chi connectivity index (χ3n) is 3.29. The second-order valence-electron chi connectivity index (χ2n) is 4.73. The van der Waals surface area contributed by atoms with Gasteiger partial charge in [-0.25, -0.2) is 4.79 Å². The number of carboxylic acid groups (broad SMARTS) is 1. The highest BCUT2D eigenvalue weighted by Gasteiger charge is 2.17. The van der Waals surface area contributed by atoms with Gasteiger partial charge in [-0.15, -0.1) is 0 Å². The van der Waals surface area contributed by atoms with Crippen molar-refractivity contribution in [1.29, 1.82) is 0 Å². The minimum absolute atomic E-state index is 0.158. The summed E-state index contributed by atoms with van der Waals surface area (Å²) in [4.78, 5) is 11.6. The van der Waals surface area contributed by atoms with E-state index in [2.05, 4.69) is 13.8 Å². The van der Waals surface area contributed by atoms with Crippen LogP contribution in [0.1, 0.15) is 49.9 Å². The Morgan fingerprint density at radius 3 is 2.58 bits per heavy atom. The Bertz CT molecular complexity index is 443. The van der Waals surface area contributed by atoms with Crippen LogP contribution in [0.3, 0.4) is 0 Å². The number of carbonyl (C=O) groups is 1. The molecule has 0 spiro atoms. The summed E-state index contributed by atoms with van der Waals surface area (Å²) in [5.41, 5.74) is 0.158. The lowest BCUT2D eigenvalue weighted by Crippen LogP contribution is -2.13. The number of carboxylic acids is 1. The maximum atomic E-state index is 12.4. The smallest absolute Gasteiger partial charge is 0.336 e. The van der Waals surface area contributed by atoms with Crippen LogP contribution in [0.2, 0.25) is 0 Å². The quantitative estimate of drug-likeness (QED) is 0.790. The minimum Gasteiger partial charge on any atom is -0.478 e. The first-order valence-electron chi connectivity index (χ1n) is 6.80. The predicted octanol–water partition coefficient (Wildman–Crippen LogP) is 3.71. The molecule has 0 aromatic heterocycles. The maximum Gasteiger partial charge on any atom is 0.336 e. The van der Waals surface area contributed by atoms with Crippen LogP contribution in [-0.2, 0) is 10.8 Å². The molecule has 0 radical (unpaired) electrons. The average molecular weight is 282 g/mol. The molecule has 1 N–H and O–H groups in total. The Labute approximate surface area is 117 Å². The van der Waals surface area contributed by atoms with Gasteiger partial charge in [0.15, 0.2) is 0 Å². The summed E-state index contributed by atoms with van der Waals surface area (Å²) in [6.07, 6.45) is 4.32. The van der Waals surface area contributed by atoms with Gasteiger partial charge in [-0.1, -0.05) is 45.2 Å². The van der Waals surface area contributed by atoms with E-state index in [0.717, 1.165) is 25.7 Å². The number of unbranched alkanes of at least 4 members (excludes halogenated alkanes) is 1. The molecule has 0 aliphatic heterocycles. The molecule has 19 heavy (non-hydrogen) atoms. The maximum absolute atomic E-state index is 12.4. The third kappa shape index (κ3) is 4.78. The highest BCUT2D eigenvalue weighted by Crippen LogP contribution is 2.20. The topological polar surface area (TPSA) is 54.4 Å². The fraction of sp³-hybridized carbons (Fsp3) is 0.533. The van der Waals surface area contributed by atoms with Gasteiger partial charge in [0.05, 0.1) is 21.3 Å². The van der Waals surface area contributed by atoms with E-state index in [9.17, 15) is 9.00 Å². The van der Waals surface area contributed by atoms with Crippen molar-refractivity contribution in [2.75, 3.05) is 5.75 Å². The molecule has 0 heterocycles. The molecule has 4 heteroatoms. The Kier molecular flexibility index (Phi) is 6.78. The molecule has 0 aliphatic rings. The highest BCUT2D eigenvalue weighted by molar-refractivity contribution is 7.85. The number of benzene rings is 1. The van der Waals surface area contributed by atoms with Gasteiger partial charge in [-0.3, -0.25) is 4.21 Å². The van der Waals surface area contributed by atoms with Crippen molar-refractivity contribution >= 4 is 16.8 Å². The monoisotopic (exact) mass is 282 g/mol. The van der Waals surface area contributed by atoms with Gasteiger partial charge in [0.2, 0.25) is 0 Å². The van der Waals surface area contributed by atoms with Crippen LogP contribution in [-0.4, -0.2) is 21.0 Å². The van der Waals surface area contributed by atoms with E-state index in [1.807, 2.05) is 0 Å². The SMILES string of the molecule is CCCCC(CC)CS(=O)c1ccccc1C(=O)O. The lowest BCUT2D eigenvalue weighted by molar-refractivity contribution is 0.0693. The normalized spacial score (nSPS) is 14.0. The summed E-state index contributed by atoms with van der Waals surface area (Å²) in [6.45, 7) is 4.24. The van der Waals surface area contributed by atoms with E-state index >= 15 is 0 Å². The van der Waals surface area contributed by atoms with Crippen molar-refractivity contribution in [1.82, 2.24) is 0 Å². The standard InChI is InChI=1S/C15H22O3S/c1-3-5-8-12(4-2)11-19(18)14-10-7-6-9-13(14)15(16)17/h6-7,9-10,12H,3-5,8,11H2,1-2H3,(H,16,17). The lowest BCUT2D eigenvalue weighted by atomic mass is 10.0. The van der Waals surface area contributed by atoms with Crippen LogP contribution in [0, 0.1) is 5.92 Å². The van der Waals surface area contributed by atoms with Crippen molar-refractivity contribution < 1.29 is 14.1 Å². The second kappa shape index (κ2) is 8.10. The van der Waals surface area contributed by atoms with E-state index in [4.69, 9.17) is 5.11 Å². The van der Waals surface area contributed by atoms with Crippen LogP contribution in [0.15, 0.2) is 29.2 Å². The summed E-state index contributed by atoms with van der Waals surface area (Å²) in [7, 11) is -1.23. The van der Waals surface area contributed by atoms with E-state index in [0.29, 0.717) is 16.6 Å². The first-order valence-corrected chi connectivity index (χ1v) is 8.12. The molecular formula is C15H22O3S. The van der Waals surface area contributed by atoms with Crippen molar-refractivity contribution in [3.63, 3.8) is 0 Å². The van der Waals surface area contributed by atoms with Crippen LogP contribution in [0.25, 0.3) is 0 Å². The Balaban J connectivity index is 2.80. The first kappa shape index (κ1) is 15.9. The molecule has 2 atom stereocenters. The Hall–Kier alpha value is -1.16. The molecule has 3 nitrogen and oxygen atoms in total. The molecule has 0 fully saturated rings. The average Bonchev–Trinajstić information content (AvgIpc) is 2.43. The zero-order chi connectivity index (χ0) is 14.3. The first-order chi connectivity index (χ1) is 9.10. The molecule has 0 aliphatic carbocycles. The van der Waals surface area contributed by atoms with E-state index < -0.39 is 16.8 Å². The van der Waals surface area contributed by atoms with Gasteiger partial charge in [0.1, 0.15) is 0 Å². The largest absolute Gasteiger partial charge is 0.478 e. The predicted molar refractivity (Wildman–Crippen MR) is 78.0 cm³/mol. The van der Waals surface area contributed by atoms with Crippen molar-refractivity contribution in [3.05, 3.63) is 29.8 Å². The van der Waals surface area contributed by atoms with Gasteiger partial charge in [0.25, 0.3) is 0 Å². The molecule has 0 saturated carbocycles. The molecule has 1 rings (SSSR count). The van der Waals surface area contributed by atoms with Crippen molar-refractivity contribution in [2.24, 2.45) is 5.92 Å². The summed E-state index contributed by atoms with van der Waals surface area (Å²) >= 11 is 0. The van der Waals surface area contributed by atoms with E-state index in [1.165, 1.54) is 6.07 Å². The number of hydrogen-bond donors (Lipinski definition) is 1. The molecule has 1 aromatic carbocycles.